The minimum Gasteiger partial charge on any atom is -0.484 e. The molecule has 0 aromatic heterocycles. The van der Waals surface area contributed by atoms with Crippen LogP contribution in [0, 0.1) is 19.7 Å². The molecule has 0 aliphatic carbocycles. The van der Waals surface area contributed by atoms with Crippen molar-refractivity contribution >= 4 is 23.4 Å². The van der Waals surface area contributed by atoms with Crippen LogP contribution in [0.5, 0.6) is 5.75 Å². The summed E-state index contributed by atoms with van der Waals surface area (Å²) in [7, 11) is 0. The predicted octanol–water partition coefficient (Wildman–Crippen LogP) is 5.64. The lowest BCUT2D eigenvalue weighted by atomic mass is 10.0. The molecule has 0 saturated heterocycles. The van der Waals surface area contributed by atoms with E-state index in [0.29, 0.717) is 16.3 Å². The number of amides is 2. The van der Waals surface area contributed by atoms with Gasteiger partial charge in [0.2, 0.25) is 5.91 Å². The Balaban J connectivity index is 1.93. The minimum absolute atomic E-state index is 0.0729. The summed E-state index contributed by atoms with van der Waals surface area (Å²) in [5, 5.41) is 3.55. The molecular formula is C29H32ClFN2O3. The van der Waals surface area contributed by atoms with Gasteiger partial charge in [-0.1, -0.05) is 60.1 Å². The fraction of sp³-hybridized carbons (Fsp3) is 0.310. The van der Waals surface area contributed by atoms with E-state index in [1.807, 2.05) is 58.0 Å². The normalized spacial score (nSPS) is 11.8. The van der Waals surface area contributed by atoms with Crippen LogP contribution in [0.15, 0.2) is 66.7 Å². The third kappa shape index (κ3) is 7.31. The summed E-state index contributed by atoms with van der Waals surface area (Å²) >= 11 is 6.25. The number of hydrogen-bond donors (Lipinski definition) is 1. The van der Waals surface area contributed by atoms with E-state index in [1.54, 1.807) is 30.3 Å². The third-order valence-electron chi connectivity index (χ3n) is 5.77. The predicted molar refractivity (Wildman–Crippen MR) is 141 cm³/mol. The number of aryl methyl sites for hydroxylation is 2. The number of halogens is 2. The minimum atomic E-state index is -0.862. The number of nitrogens with zero attached hydrogens (tertiary/aromatic N) is 1. The Kier molecular flexibility index (Phi) is 9.48. The standard InChI is InChI=1S/C29H32ClFN2O3/c1-19(2)32-29(35)26(16-22-10-6-5-7-11-22)33(17-23-12-8-9-13-25(23)31)27(34)18-36-24-14-20(3)28(30)21(4)15-24/h5-15,19,26H,16-18H2,1-4H3,(H,32,35)/t26-/m0/s1. The molecule has 1 N–H and O–H groups in total. The van der Waals surface area contributed by atoms with Gasteiger partial charge >= 0.3 is 0 Å². The lowest BCUT2D eigenvalue weighted by molar-refractivity contribution is -0.143. The van der Waals surface area contributed by atoms with E-state index in [1.165, 1.54) is 11.0 Å². The Morgan fingerprint density at radius 1 is 1.00 bits per heavy atom. The number of nitrogens with one attached hydrogen (secondary N) is 1. The quantitative estimate of drug-likeness (QED) is 0.384. The Bertz CT molecular complexity index is 1180. The van der Waals surface area contributed by atoms with Gasteiger partial charge in [-0.15, -0.1) is 0 Å². The summed E-state index contributed by atoms with van der Waals surface area (Å²) in [5.74, 6) is -0.678. The van der Waals surface area contributed by atoms with E-state index in [2.05, 4.69) is 5.32 Å². The summed E-state index contributed by atoms with van der Waals surface area (Å²) in [6, 6.07) is 18.2. The van der Waals surface area contributed by atoms with Crippen LogP contribution in [0.25, 0.3) is 0 Å². The van der Waals surface area contributed by atoms with Crippen LogP contribution in [0.3, 0.4) is 0 Å². The number of ether oxygens (including phenoxy) is 1. The van der Waals surface area contributed by atoms with Crippen LogP contribution in [-0.2, 0) is 22.6 Å². The number of rotatable bonds is 10. The fourth-order valence-electron chi connectivity index (χ4n) is 3.96. The largest absolute Gasteiger partial charge is 0.484 e. The lowest BCUT2D eigenvalue weighted by Crippen LogP contribution is -2.53. The smallest absolute Gasteiger partial charge is 0.261 e. The molecule has 1 atom stereocenters. The van der Waals surface area contributed by atoms with E-state index in [-0.39, 0.29) is 31.5 Å². The Labute approximate surface area is 217 Å². The first-order valence-electron chi connectivity index (χ1n) is 11.9. The van der Waals surface area contributed by atoms with Gasteiger partial charge in [-0.25, -0.2) is 4.39 Å². The summed E-state index contributed by atoms with van der Waals surface area (Å²) in [5.41, 5.74) is 2.87. The molecular weight excluding hydrogens is 479 g/mol. The van der Waals surface area contributed by atoms with Gasteiger partial charge in [0.1, 0.15) is 17.6 Å². The maximum Gasteiger partial charge on any atom is 0.261 e. The highest BCUT2D eigenvalue weighted by molar-refractivity contribution is 6.32. The first-order chi connectivity index (χ1) is 17.2. The van der Waals surface area contributed by atoms with Gasteiger partial charge in [-0.2, -0.15) is 0 Å². The second-order valence-corrected chi connectivity index (χ2v) is 9.52. The fourth-order valence-corrected chi connectivity index (χ4v) is 4.07. The topological polar surface area (TPSA) is 58.6 Å². The van der Waals surface area contributed by atoms with Crippen molar-refractivity contribution in [2.75, 3.05) is 6.61 Å². The number of hydrogen-bond acceptors (Lipinski definition) is 3. The molecule has 0 spiro atoms. The van der Waals surface area contributed by atoms with E-state index in [4.69, 9.17) is 16.3 Å². The zero-order valence-electron chi connectivity index (χ0n) is 21.1. The summed E-state index contributed by atoms with van der Waals surface area (Å²) in [6.07, 6.45) is 0.277. The summed E-state index contributed by atoms with van der Waals surface area (Å²) in [4.78, 5) is 28.3. The zero-order valence-corrected chi connectivity index (χ0v) is 21.8. The highest BCUT2D eigenvalue weighted by Crippen LogP contribution is 2.26. The molecule has 0 saturated carbocycles. The van der Waals surface area contributed by atoms with E-state index < -0.39 is 17.8 Å². The number of carbonyl (C=O) groups excluding carboxylic acids is 2. The highest BCUT2D eigenvalue weighted by atomic mass is 35.5. The van der Waals surface area contributed by atoms with Crippen molar-refractivity contribution in [3.63, 3.8) is 0 Å². The van der Waals surface area contributed by atoms with Crippen LogP contribution in [0.4, 0.5) is 4.39 Å². The summed E-state index contributed by atoms with van der Waals surface area (Å²) in [6.45, 7) is 7.05. The van der Waals surface area contributed by atoms with Gasteiger partial charge in [0, 0.05) is 29.6 Å². The van der Waals surface area contributed by atoms with Gasteiger partial charge in [0.05, 0.1) is 0 Å². The van der Waals surface area contributed by atoms with Gasteiger partial charge < -0.3 is 15.0 Å². The maximum atomic E-state index is 14.6. The molecule has 2 amide bonds. The molecule has 5 nitrogen and oxygen atoms in total. The molecule has 0 radical (unpaired) electrons. The third-order valence-corrected chi connectivity index (χ3v) is 6.37. The van der Waals surface area contributed by atoms with Crippen LogP contribution in [-0.4, -0.2) is 35.4 Å². The van der Waals surface area contributed by atoms with Gasteiger partial charge in [-0.05, 0) is 62.6 Å². The molecule has 0 unspecified atom stereocenters. The lowest BCUT2D eigenvalue weighted by Gasteiger charge is -2.32. The Morgan fingerprint density at radius 2 is 1.61 bits per heavy atom. The maximum absolute atomic E-state index is 14.6. The van der Waals surface area contributed by atoms with Crippen molar-refractivity contribution in [2.24, 2.45) is 0 Å². The van der Waals surface area contributed by atoms with Gasteiger partial charge in [0.15, 0.2) is 6.61 Å². The van der Waals surface area contributed by atoms with Crippen LogP contribution >= 0.6 is 11.6 Å². The molecule has 0 bridgehead atoms. The van der Waals surface area contributed by atoms with Crippen molar-refractivity contribution in [1.29, 1.82) is 0 Å². The van der Waals surface area contributed by atoms with Crippen LogP contribution < -0.4 is 10.1 Å². The van der Waals surface area contributed by atoms with Crippen molar-refractivity contribution in [3.05, 3.63) is 99.8 Å². The van der Waals surface area contributed by atoms with E-state index >= 15 is 0 Å². The molecule has 190 valence electrons. The number of benzene rings is 3. The highest BCUT2D eigenvalue weighted by Gasteiger charge is 2.31. The van der Waals surface area contributed by atoms with Crippen molar-refractivity contribution in [3.8, 4) is 5.75 Å². The van der Waals surface area contributed by atoms with E-state index in [0.717, 1.165) is 16.7 Å². The molecule has 3 aromatic carbocycles. The average Bonchev–Trinajstić information content (AvgIpc) is 2.84. The van der Waals surface area contributed by atoms with Crippen molar-refractivity contribution < 1.29 is 18.7 Å². The molecule has 0 heterocycles. The van der Waals surface area contributed by atoms with Crippen LogP contribution in [0.1, 0.15) is 36.1 Å². The Morgan fingerprint density at radius 3 is 2.22 bits per heavy atom. The second kappa shape index (κ2) is 12.5. The zero-order chi connectivity index (χ0) is 26.2. The number of carbonyl (C=O) groups is 2. The molecule has 0 aliphatic rings. The van der Waals surface area contributed by atoms with Crippen molar-refractivity contribution in [1.82, 2.24) is 10.2 Å². The monoisotopic (exact) mass is 510 g/mol. The first-order valence-corrected chi connectivity index (χ1v) is 12.3. The molecule has 3 aromatic rings. The second-order valence-electron chi connectivity index (χ2n) is 9.14. The van der Waals surface area contributed by atoms with Crippen LogP contribution in [0.2, 0.25) is 5.02 Å². The van der Waals surface area contributed by atoms with Gasteiger partial charge in [0.25, 0.3) is 5.91 Å². The molecule has 0 aliphatic heterocycles. The van der Waals surface area contributed by atoms with Gasteiger partial charge in [-0.3, -0.25) is 9.59 Å². The first kappa shape index (κ1) is 27.2. The molecule has 0 fully saturated rings. The summed E-state index contributed by atoms with van der Waals surface area (Å²) < 4.78 is 20.4. The SMILES string of the molecule is Cc1cc(OCC(=O)N(Cc2ccccc2F)[C@@H](Cc2ccccc2)C(=O)NC(C)C)cc(C)c1Cl. The molecule has 36 heavy (non-hydrogen) atoms. The average molecular weight is 511 g/mol. The Hall–Kier alpha value is -3.38. The van der Waals surface area contributed by atoms with Crippen molar-refractivity contribution in [2.45, 2.75) is 52.7 Å². The molecule has 7 heteroatoms. The van der Waals surface area contributed by atoms with E-state index in [9.17, 15) is 14.0 Å². The molecule has 3 rings (SSSR count).